The van der Waals surface area contributed by atoms with Crippen molar-refractivity contribution in [3.63, 3.8) is 0 Å². The van der Waals surface area contributed by atoms with E-state index in [1.54, 1.807) is 4.68 Å². The normalized spacial score (nSPS) is 11.4. The molecule has 0 unspecified atom stereocenters. The van der Waals surface area contributed by atoms with Crippen LogP contribution in [0.1, 0.15) is 17.0 Å². The highest BCUT2D eigenvalue weighted by atomic mass is 15.4. The third-order valence-corrected chi connectivity index (χ3v) is 6.02. The van der Waals surface area contributed by atoms with Crippen LogP contribution in [0.15, 0.2) is 96.1 Å². The fraction of sp³-hybridized carbons (Fsp3) is 0.0690. The molecule has 6 aromatic rings. The monoisotopic (exact) mass is 484 g/mol. The molecule has 0 saturated carbocycles. The van der Waals surface area contributed by atoms with E-state index in [1.807, 2.05) is 80.7 Å². The molecule has 2 heterocycles. The minimum atomic E-state index is 0.303. The van der Waals surface area contributed by atoms with E-state index in [0.717, 1.165) is 44.2 Å². The molecular weight excluding hydrogens is 460 g/mol. The highest BCUT2D eigenvalue weighted by Crippen LogP contribution is 2.27. The molecule has 2 aromatic heterocycles. The molecule has 0 radical (unpaired) electrons. The first kappa shape index (κ1) is 22.4. The van der Waals surface area contributed by atoms with E-state index in [-0.39, 0.29) is 0 Å². The quantitative estimate of drug-likeness (QED) is 0.167. The predicted molar refractivity (Wildman–Crippen MR) is 149 cm³/mol. The molecule has 0 atom stereocenters. The lowest BCUT2D eigenvalue weighted by atomic mass is 9.97. The molecule has 4 aromatic carbocycles. The molecule has 0 fully saturated rings. The fourth-order valence-corrected chi connectivity index (χ4v) is 4.39. The van der Waals surface area contributed by atoms with Crippen molar-refractivity contribution in [2.24, 2.45) is 5.10 Å². The zero-order valence-corrected chi connectivity index (χ0v) is 20.4. The van der Waals surface area contributed by atoms with Crippen molar-refractivity contribution in [1.29, 1.82) is 0 Å². The minimum absolute atomic E-state index is 0.303. The molecule has 180 valence electrons. The summed E-state index contributed by atoms with van der Waals surface area (Å²) in [5.41, 5.74) is 6.70. The van der Waals surface area contributed by atoms with Crippen molar-refractivity contribution in [3.8, 4) is 5.95 Å². The van der Waals surface area contributed by atoms with Gasteiger partial charge in [-0.15, -0.1) is 0 Å². The Hall–Kier alpha value is -5.11. The van der Waals surface area contributed by atoms with E-state index in [2.05, 4.69) is 66.2 Å². The summed E-state index contributed by atoms with van der Waals surface area (Å²) in [6.07, 6.45) is 1.82. The summed E-state index contributed by atoms with van der Waals surface area (Å²) in [6.45, 7) is 3.90. The van der Waals surface area contributed by atoms with Crippen molar-refractivity contribution < 1.29 is 0 Å². The number of aromatic nitrogens is 5. The number of hydrogen-bond acceptors (Lipinski definition) is 7. The molecular formula is C29H24N8. The molecule has 0 saturated heterocycles. The van der Waals surface area contributed by atoms with Gasteiger partial charge in [0, 0.05) is 16.9 Å². The molecule has 2 N–H and O–H groups in total. The number of nitrogens with one attached hydrogen (secondary N) is 2. The van der Waals surface area contributed by atoms with Crippen LogP contribution in [0.2, 0.25) is 0 Å². The molecule has 0 aliphatic carbocycles. The van der Waals surface area contributed by atoms with Crippen LogP contribution in [0.4, 0.5) is 17.6 Å². The number of rotatable bonds is 6. The number of fused-ring (bicyclic) bond motifs is 2. The van der Waals surface area contributed by atoms with Gasteiger partial charge in [0.15, 0.2) is 0 Å². The molecule has 8 heteroatoms. The summed E-state index contributed by atoms with van der Waals surface area (Å²) in [7, 11) is 0. The number of aryl methyl sites for hydroxylation is 2. The van der Waals surface area contributed by atoms with Gasteiger partial charge in [0.2, 0.25) is 11.9 Å². The van der Waals surface area contributed by atoms with Gasteiger partial charge in [-0.05, 0) is 59.7 Å². The maximum Gasteiger partial charge on any atom is 0.257 e. The van der Waals surface area contributed by atoms with Crippen LogP contribution in [-0.4, -0.2) is 30.9 Å². The predicted octanol–water partition coefficient (Wildman–Crippen LogP) is 6.17. The van der Waals surface area contributed by atoms with Gasteiger partial charge >= 0.3 is 0 Å². The molecule has 0 bridgehead atoms. The lowest BCUT2D eigenvalue weighted by Gasteiger charge is -2.10. The van der Waals surface area contributed by atoms with Crippen molar-refractivity contribution in [2.45, 2.75) is 13.8 Å². The summed E-state index contributed by atoms with van der Waals surface area (Å²) < 4.78 is 1.69. The second-order valence-electron chi connectivity index (χ2n) is 8.72. The Balaban J connectivity index is 1.39. The fourth-order valence-electron chi connectivity index (χ4n) is 4.39. The SMILES string of the molecule is Cc1cc(C)n(-c2nc(NN=Cc3c4ccccc4cc4ccccc34)nc(Nc3ccccc3)n2)n1. The first-order valence-electron chi connectivity index (χ1n) is 12.0. The second-order valence-corrected chi connectivity index (χ2v) is 8.72. The third-order valence-electron chi connectivity index (χ3n) is 6.02. The second kappa shape index (κ2) is 9.50. The Labute approximate surface area is 213 Å². The zero-order valence-electron chi connectivity index (χ0n) is 20.4. The van der Waals surface area contributed by atoms with Gasteiger partial charge in [0.25, 0.3) is 5.95 Å². The minimum Gasteiger partial charge on any atom is -0.324 e. The molecule has 6 rings (SSSR count). The van der Waals surface area contributed by atoms with Gasteiger partial charge in [-0.25, -0.2) is 10.1 Å². The first-order chi connectivity index (χ1) is 18.1. The van der Waals surface area contributed by atoms with E-state index in [4.69, 9.17) is 0 Å². The summed E-state index contributed by atoms with van der Waals surface area (Å²) in [5.74, 6) is 1.08. The number of hydrazone groups is 1. The molecule has 0 aliphatic rings. The largest absolute Gasteiger partial charge is 0.324 e. The Morgan fingerprint density at radius 3 is 2.05 bits per heavy atom. The van der Waals surface area contributed by atoms with Crippen LogP contribution in [0.25, 0.3) is 27.5 Å². The van der Waals surface area contributed by atoms with E-state index in [1.165, 1.54) is 0 Å². The van der Waals surface area contributed by atoms with Crippen LogP contribution in [0.3, 0.4) is 0 Å². The highest BCUT2D eigenvalue weighted by molar-refractivity contribution is 6.13. The first-order valence-corrected chi connectivity index (χ1v) is 12.0. The molecule has 37 heavy (non-hydrogen) atoms. The van der Waals surface area contributed by atoms with Gasteiger partial charge in [-0.3, -0.25) is 0 Å². The lowest BCUT2D eigenvalue weighted by Crippen LogP contribution is -2.11. The number of benzene rings is 4. The average molecular weight is 485 g/mol. The van der Waals surface area contributed by atoms with Crippen molar-refractivity contribution in [2.75, 3.05) is 10.7 Å². The van der Waals surface area contributed by atoms with E-state index >= 15 is 0 Å². The number of hydrogen-bond donors (Lipinski definition) is 2. The van der Waals surface area contributed by atoms with Gasteiger partial charge in [-0.1, -0.05) is 66.7 Å². The van der Waals surface area contributed by atoms with Crippen LogP contribution < -0.4 is 10.7 Å². The Morgan fingerprint density at radius 1 is 0.730 bits per heavy atom. The van der Waals surface area contributed by atoms with Crippen LogP contribution >= 0.6 is 0 Å². The van der Waals surface area contributed by atoms with Gasteiger partial charge in [0.05, 0.1) is 11.9 Å². The third kappa shape index (κ3) is 4.60. The van der Waals surface area contributed by atoms with E-state index < -0.39 is 0 Å². The van der Waals surface area contributed by atoms with Crippen LogP contribution in [0, 0.1) is 13.8 Å². The van der Waals surface area contributed by atoms with E-state index in [0.29, 0.717) is 17.8 Å². The topological polar surface area (TPSA) is 92.9 Å². The number of para-hydroxylation sites is 1. The number of anilines is 3. The molecule has 0 aliphatic heterocycles. The van der Waals surface area contributed by atoms with Crippen molar-refractivity contribution in [1.82, 2.24) is 24.7 Å². The molecule has 8 nitrogen and oxygen atoms in total. The Kier molecular flexibility index (Phi) is 5.74. The van der Waals surface area contributed by atoms with Gasteiger partial charge in [-0.2, -0.15) is 25.2 Å². The molecule has 0 spiro atoms. The van der Waals surface area contributed by atoms with Gasteiger partial charge < -0.3 is 5.32 Å². The number of nitrogens with zero attached hydrogens (tertiary/aromatic N) is 6. The summed E-state index contributed by atoms with van der Waals surface area (Å²) >= 11 is 0. The van der Waals surface area contributed by atoms with Crippen LogP contribution in [-0.2, 0) is 0 Å². The maximum absolute atomic E-state index is 4.60. The standard InChI is InChI=1S/C29H24N8/c1-19-16-20(2)37(36-19)29-33-27(31-23-12-4-3-5-13-23)32-28(34-29)35-30-18-26-24-14-8-6-10-21(24)17-22-11-7-9-15-25(22)26/h3-18H,1-2H3,(H2,31,32,33,34,35). The Morgan fingerprint density at radius 2 is 1.38 bits per heavy atom. The van der Waals surface area contributed by atoms with Crippen LogP contribution in [0.5, 0.6) is 0 Å². The highest BCUT2D eigenvalue weighted by Gasteiger charge is 2.12. The summed E-state index contributed by atoms with van der Waals surface area (Å²) in [5, 5.41) is 16.9. The smallest absolute Gasteiger partial charge is 0.257 e. The van der Waals surface area contributed by atoms with Crippen molar-refractivity contribution >= 4 is 45.3 Å². The van der Waals surface area contributed by atoms with Gasteiger partial charge in [0.1, 0.15) is 0 Å². The summed E-state index contributed by atoms with van der Waals surface area (Å²) in [6, 6.07) is 30.5. The summed E-state index contributed by atoms with van der Waals surface area (Å²) in [4.78, 5) is 13.7. The van der Waals surface area contributed by atoms with Crippen molar-refractivity contribution in [3.05, 3.63) is 108 Å². The Bertz CT molecular complexity index is 1700. The maximum atomic E-state index is 4.60. The molecule has 0 amide bonds. The average Bonchev–Trinajstić information content (AvgIpc) is 3.26. The lowest BCUT2D eigenvalue weighted by molar-refractivity contribution is 0.767. The van der Waals surface area contributed by atoms with E-state index in [9.17, 15) is 0 Å². The zero-order chi connectivity index (χ0) is 25.2.